The summed E-state index contributed by atoms with van der Waals surface area (Å²) in [6.07, 6.45) is 1.47. The molecule has 3 nitrogen and oxygen atoms in total. The largest absolute Gasteiger partial charge is 0.506 e. The normalized spacial score (nSPS) is 11.1. The van der Waals surface area contributed by atoms with E-state index in [2.05, 4.69) is 56.2 Å². The molecule has 0 amide bonds. The number of aromatic hydroxyl groups is 1. The molecule has 2 N–H and O–H groups in total. The summed E-state index contributed by atoms with van der Waals surface area (Å²) in [7, 11) is 0. The van der Waals surface area contributed by atoms with E-state index < -0.39 is 0 Å². The zero-order valence-corrected chi connectivity index (χ0v) is 13.2. The van der Waals surface area contributed by atoms with Crippen LogP contribution in [0.5, 0.6) is 5.75 Å². The molecule has 0 unspecified atom stereocenters. The van der Waals surface area contributed by atoms with Crippen molar-refractivity contribution >= 4 is 5.69 Å². The fraction of sp³-hybridized carbons (Fsp3) is 0.389. The summed E-state index contributed by atoms with van der Waals surface area (Å²) in [6, 6.07) is 10.1. The van der Waals surface area contributed by atoms with E-state index in [0.29, 0.717) is 18.4 Å². The fourth-order valence-corrected chi connectivity index (χ4v) is 2.29. The van der Waals surface area contributed by atoms with Gasteiger partial charge in [0.1, 0.15) is 5.75 Å². The van der Waals surface area contributed by atoms with Gasteiger partial charge in [-0.1, -0.05) is 39.8 Å². The molecular formula is C18H24N2O. The number of pyridine rings is 1. The van der Waals surface area contributed by atoms with Crippen LogP contribution in [0.2, 0.25) is 0 Å². The lowest BCUT2D eigenvalue weighted by molar-refractivity contribution is 0.472. The van der Waals surface area contributed by atoms with E-state index in [-0.39, 0.29) is 5.75 Å². The van der Waals surface area contributed by atoms with Gasteiger partial charge in [0, 0.05) is 5.69 Å². The molecule has 0 saturated carbocycles. The number of anilines is 1. The van der Waals surface area contributed by atoms with Crippen LogP contribution in [0.1, 0.15) is 56.4 Å². The topological polar surface area (TPSA) is 45.1 Å². The Kier molecular flexibility index (Phi) is 4.84. The molecule has 3 heteroatoms. The lowest BCUT2D eigenvalue weighted by Crippen LogP contribution is -2.05. The average Bonchev–Trinajstić information content (AvgIpc) is 2.46. The Morgan fingerprint density at radius 2 is 1.81 bits per heavy atom. The van der Waals surface area contributed by atoms with Gasteiger partial charge in [0.05, 0.1) is 18.4 Å². The van der Waals surface area contributed by atoms with Crippen LogP contribution < -0.4 is 5.32 Å². The maximum absolute atomic E-state index is 9.26. The summed E-state index contributed by atoms with van der Waals surface area (Å²) >= 11 is 0. The van der Waals surface area contributed by atoms with E-state index in [1.54, 1.807) is 6.07 Å². The van der Waals surface area contributed by atoms with Crippen LogP contribution in [0.4, 0.5) is 5.69 Å². The highest BCUT2D eigenvalue weighted by Crippen LogP contribution is 2.28. The van der Waals surface area contributed by atoms with E-state index >= 15 is 0 Å². The first-order chi connectivity index (χ1) is 9.97. The van der Waals surface area contributed by atoms with Crippen molar-refractivity contribution in [1.29, 1.82) is 0 Å². The van der Waals surface area contributed by atoms with Crippen molar-refractivity contribution in [3.05, 3.63) is 53.3 Å². The Balaban J connectivity index is 2.17. The summed E-state index contributed by atoms with van der Waals surface area (Å²) in [5, 5.41) is 12.7. The number of hydrogen-bond donors (Lipinski definition) is 2. The molecular weight excluding hydrogens is 260 g/mol. The van der Waals surface area contributed by atoms with Gasteiger partial charge in [-0.3, -0.25) is 4.98 Å². The second-order valence-electron chi connectivity index (χ2n) is 6.02. The van der Waals surface area contributed by atoms with Crippen LogP contribution in [0.3, 0.4) is 0 Å². The number of benzene rings is 1. The van der Waals surface area contributed by atoms with Gasteiger partial charge in [-0.25, -0.2) is 0 Å². The highest BCUT2D eigenvalue weighted by Gasteiger charge is 2.09. The van der Waals surface area contributed by atoms with E-state index in [1.165, 1.54) is 17.3 Å². The van der Waals surface area contributed by atoms with Gasteiger partial charge in [0.2, 0.25) is 0 Å². The first kappa shape index (κ1) is 15.4. The highest BCUT2D eigenvalue weighted by atomic mass is 16.3. The van der Waals surface area contributed by atoms with Gasteiger partial charge < -0.3 is 10.4 Å². The molecule has 1 aromatic heterocycles. The molecule has 0 radical (unpaired) electrons. The molecule has 1 heterocycles. The van der Waals surface area contributed by atoms with Crippen molar-refractivity contribution in [2.24, 2.45) is 0 Å². The third-order valence-electron chi connectivity index (χ3n) is 3.63. The van der Waals surface area contributed by atoms with Gasteiger partial charge in [-0.05, 0) is 41.2 Å². The Hall–Kier alpha value is -2.03. The van der Waals surface area contributed by atoms with E-state index in [4.69, 9.17) is 0 Å². The molecule has 2 aromatic rings. The molecule has 0 fully saturated rings. The van der Waals surface area contributed by atoms with Crippen LogP contribution in [-0.4, -0.2) is 10.1 Å². The number of rotatable bonds is 5. The lowest BCUT2D eigenvalue weighted by Gasteiger charge is -2.17. The third kappa shape index (κ3) is 3.97. The monoisotopic (exact) mass is 284 g/mol. The van der Waals surface area contributed by atoms with Crippen molar-refractivity contribution in [2.45, 2.75) is 46.1 Å². The van der Waals surface area contributed by atoms with Crippen molar-refractivity contribution < 1.29 is 5.11 Å². The highest BCUT2D eigenvalue weighted by molar-refractivity contribution is 5.54. The van der Waals surface area contributed by atoms with Gasteiger partial charge in [-0.15, -0.1) is 0 Å². The second-order valence-corrected chi connectivity index (χ2v) is 6.02. The van der Waals surface area contributed by atoms with Crippen LogP contribution >= 0.6 is 0 Å². The summed E-state index contributed by atoms with van der Waals surface area (Å²) in [5.41, 5.74) is 4.77. The van der Waals surface area contributed by atoms with Gasteiger partial charge in [-0.2, -0.15) is 0 Å². The Labute approximate surface area is 127 Å². The van der Waals surface area contributed by atoms with Gasteiger partial charge >= 0.3 is 0 Å². The molecule has 1 aromatic carbocycles. The predicted octanol–water partition coefficient (Wildman–Crippen LogP) is 4.65. The van der Waals surface area contributed by atoms with Crippen LogP contribution in [0.15, 0.2) is 36.5 Å². The predicted molar refractivity (Wildman–Crippen MR) is 87.8 cm³/mol. The van der Waals surface area contributed by atoms with Crippen molar-refractivity contribution in [2.75, 3.05) is 5.32 Å². The summed E-state index contributed by atoms with van der Waals surface area (Å²) in [6.45, 7) is 9.51. The minimum atomic E-state index is 0.197. The fourth-order valence-electron chi connectivity index (χ4n) is 2.29. The Morgan fingerprint density at radius 1 is 1.05 bits per heavy atom. The van der Waals surface area contributed by atoms with E-state index in [0.717, 1.165) is 11.4 Å². The maximum atomic E-state index is 9.26. The van der Waals surface area contributed by atoms with Crippen molar-refractivity contribution in [1.82, 2.24) is 4.98 Å². The number of nitrogens with zero attached hydrogens (tertiary/aromatic N) is 1. The number of nitrogens with one attached hydrogen (secondary N) is 1. The second kappa shape index (κ2) is 6.61. The van der Waals surface area contributed by atoms with E-state index in [9.17, 15) is 5.11 Å². The molecule has 0 bridgehead atoms. The van der Waals surface area contributed by atoms with Gasteiger partial charge in [0.25, 0.3) is 0 Å². The minimum Gasteiger partial charge on any atom is -0.506 e. The summed E-state index contributed by atoms with van der Waals surface area (Å²) in [5.74, 6) is 1.21. The molecule has 112 valence electrons. The molecule has 0 atom stereocenters. The third-order valence-corrected chi connectivity index (χ3v) is 3.63. The van der Waals surface area contributed by atoms with Crippen molar-refractivity contribution in [3.63, 3.8) is 0 Å². The SMILES string of the molecule is CC(C)c1ccc(NCc2ccc(O)cn2)c(C(C)C)c1. The summed E-state index contributed by atoms with van der Waals surface area (Å²) in [4.78, 5) is 4.20. The number of aromatic nitrogens is 1. The lowest BCUT2D eigenvalue weighted by atomic mass is 9.94. The minimum absolute atomic E-state index is 0.197. The molecule has 0 aliphatic carbocycles. The molecule has 0 aliphatic heterocycles. The molecule has 0 spiro atoms. The Morgan fingerprint density at radius 3 is 2.38 bits per heavy atom. The van der Waals surface area contributed by atoms with Crippen LogP contribution in [0.25, 0.3) is 0 Å². The standard InChI is InChI=1S/C18H24N2O/c1-12(2)14-5-8-18(17(9-14)13(3)4)20-10-15-6-7-16(21)11-19-15/h5-9,11-13,20-21H,10H2,1-4H3. The van der Waals surface area contributed by atoms with Crippen LogP contribution in [0, 0.1) is 0 Å². The first-order valence-electron chi connectivity index (χ1n) is 7.49. The molecule has 2 rings (SSSR count). The smallest absolute Gasteiger partial charge is 0.133 e. The Bertz CT molecular complexity index is 589. The maximum Gasteiger partial charge on any atom is 0.133 e. The zero-order chi connectivity index (χ0) is 15.4. The van der Waals surface area contributed by atoms with Crippen LogP contribution in [-0.2, 0) is 6.54 Å². The molecule has 21 heavy (non-hydrogen) atoms. The van der Waals surface area contributed by atoms with Crippen molar-refractivity contribution in [3.8, 4) is 5.75 Å². The quantitative estimate of drug-likeness (QED) is 0.840. The molecule has 0 saturated heterocycles. The molecule has 0 aliphatic rings. The zero-order valence-electron chi connectivity index (χ0n) is 13.2. The first-order valence-corrected chi connectivity index (χ1v) is 7.49. The van der Waals surface area contributed by atoms with Gasteiger partial charge in [0.15, 0.2) is 0 Å². The number of hydrogen-bond acceptors (Lipinski definition) is 3. The average molecular weight is 284 g/mol. The summed E-state index contributed by atoms with van der Waals surface area (Å²) < 4.78 is 0. The van der Waals surface area contributed by atoms with E-state index in [1.807, 2.05) is 6.07 Å².